The van der Waals surface area contributed by atoms with Crippen molar-refractivity contribution >= 4 is 28.7 Å². The van der Waals surface area contributed by atoms with Crippen molar-refractivity contribution in [2.75, 3.05) is 12.4 Å². The van der Waals surface area contributed by atoms with Crippen LogP contribution < -0.4 is 5.32 Å². The number of hydrogen-bond acceptors (Lipinski definition) is 5. The number of anilines is 1. The van der Waals surface area contributed by atoms with E-state index in [-0.39, 0.29) is 12.2 Å². The smallest absolute Gasteiger partial charge is 0.411 e. The first-order valence-corrected chi connectivity index (χ1v) is 7.63. The molecule has 0 aliphatic carbocycles. The standard InChI is InChI=1S/C19H16N2O4/c1-24-18(22)15-11-20-16-10-6-5-9-14(16)17(15)21-19(23)25-12-13-7-3-2-4-8-13/h2-11H,12H2,1H3,(H,20,21,23). The lowest BCUT2D eigenvalue weighted by Gasteiger charge is -2.13. The van der Waals surface area contributed by atoms with Crippen molar-refractivity contribution in [3.8, 4) is 0 Å². The molecule has 25 heavy (non-hydrogen) atoms. The van der Waals surface area contributed by atoms with Crippen LogP contribution in [0.3, 0.4) is 0 Å². The van der Waals surface area contributed by atoms with Crippen LogP contribution in [0.4, 0.5) is 10.5 Å². The highest BCUT2D eigenvalue weighted by Crippen LogP contribution is 2.26. The summed E-state index contributed by atoms with van der Waals surface area (Å²) in [5, 5.41) is 3.26. The number of nitrogens with zero attached hydrogens (tertiary/aromatic N) is 1. The van der Waals surface area contributed by atoms with Gasteiger partial charge < -0.3 is 9.47 Å². The molecule has 126 valence electrons. The minimum atomic E-state index is -0.662. The van der Waals surface area contributed by atoms with Crippen molar-refractivity contribution in [1.29, 1.82) is 0 Å². The fraction of sp³-hybridized carbons (Fsp3) is 0.105. The van der Waals surface area contributed by atoms with Gasteiger partial charge in [0, 0.05) is 11.6 Å². The molecule has 1 amide bonds. The molecule has 0 radical (unpaired) electrons. The van der Waals surface area contributed by atoms with Gasteiger partial charge in [-0.1, -0.05) is 48.5 Å². The highest BCUT2D eigenvalue weighted by Gasteiger charge is 2.18. The first kappa shape index (κ1) is 16.4. The van der Waals surface area contributed by atoms with E-state index in [4.69, 9.17) is 9.47 Å². The van der Waals surface area contributed by atoms with E-state index in [0.29, 0.717) is 16.6 Å². The van der Waals surface area contributed by atoms with E-state index >= 15 is 0 Å². The lowest BCUT2D eigenvalue weighted by molar-refractivity contribution is 0.0601. The lowest BCUT2D eigenvalue weighted by Crippen LogP contribution is -2.17. The lowest BCUT2D eigenvalue weighted by atomic mass is 10.1. The number of para-hydroxylation sites is 1. The Labute approximate surface area is 144 Å². The summed E-state index contributed by atoms with van der Waals surface area (Å²) in [5.41, 5.74) is 1.99. The molecule has 0 aliphatic heterocycles. The van der Waals surface area contributed by atoms with E-state index in [2.05, 4.69) is 10.3 Å². The van der Waals surface area contributed by atoms with Gasteiger partial charge in [0.2, 0.25) is 0 Å². The summed E-state index contributed by atoms with van der Waals surface area (Å²) in [6.07, 6.45) is 0.714. The minimum Gasteiger partial charge on any atom is -0.465 e. The van der Waals surface area contributed by atoms with Crippen LogP contribution in [-0.2, 0) is 16.1 Å². The Morgan fingerprint density at radius 2 is 1.76 bits per heavy atom. The number of hydrogen-bond donors (Lipinski definition) is 1. The number of benzene rings is 2. The van der Waals surface area contributed by atoms with Gasteiger partial charge in [-0.25, -0.2) is 9.59 Å². The summed E-state index contributed by atoms with van der Waals surface area (Å²) in [4.78, 5) is 28.4. The van der Waals surface area contributed by atoms with E-state index in [9.17, 15) is 9.59 Å². The molecule has 0 atom stereocenters. The number of nitrogens with one attached hydrogen (secondary N) is 1. The summed E-state index contributed by atoms with van der Waals surface area (Å²) in [7, 11) is 1.27. The molecule has 0 saturated heterocycles. The predicted molar refractivity (Wildman–Crippen MR) is 93.3 cm³/mol. The highest BCUT2D eigenvalue weighted by atomic mass is 16.5. The van der Waals surface area contributed by atoms with Gasteiger partial charge in [0.15, 0.2) is 0 Å². The second-order valence-electron chi connectivity index (χ2n) is 5.24. The molecule has 2 aromatic carbocycles. The Kier molecular flexibility index (Phi) is 4.89. The fourth-order valence-electron chi connectivity index (χ4n) is 2.40. The second kappa shape index (κ2) is 7.44. The Morgan fingerprint density at radius 1 is 1.04 bits per heavy atom. The van der Waals surface area contributed by atoms with Gasteiger partial charge >= 0.3 is 12.1 Å². The first-order chi connectivity index (χ1) is 12.2. The van der Waals surface area contributed by atoms with Gasteiger partial charge in [0.05, 0.1) is 18.3 Å². The first-order valence-electron chi connectivity index (χ1n) is 7.63. The number of ether oxygens (including phenoxy) is 2. The number of rotatable bonds is 4. The molecule has 1 N–H and O–H groups in total. The Bertz CT molecular complexity index is 910. The third-order valence-corrected chi connectivity index (χ3v) is 3.62. The Hall–Kier alpha value is -3.41. The average molecular weight is 336 g/mol. The Morgan fingerprint density at radius 3 is 2.52 bits per heavy atom. The van der Waals surface area contributed by atoms with Crippen LogP contribution >= 0.6 is 0 Å². The van der Waals surface area contributed by atoms with Crippen molar-refractivity contribution in [3.05, 3.63) is 71.9 Å². The van der Waals surface area contributed by atoms with Gasteiger partial charge in [-0.2, -0.15) is 0 Å². The van der Waals surface area contributed by atoms with Crippen molar-refractivity contribution in [2.24, 2.45) is 0 Å². The maximum Gasteiger partial charge on any atom is 0.411 e. The third-order valence-electron chi connectivity index (χ3n) is 3.62. The molecule has 0 spiro atoms. The second-order valence-corrected chi connectivity index (χ2v) is 5.24. The van der Waals surface area contributed by atoms with Gasteiger partial charge in [-0.15, -0.1) is 0 Å². The number of fused-ring (bicyclic) bond motifs is 1. The van der Waals surface area contributed by atoms with Crippen LogP contribution in [0, 0.1) is 0 Å². The topological polar surface area (TPSA) is 77.5 Å². The molecule has 3 rings (SSSR count). The fourth-order valence-corrected chi connectivity index (χ4v) is 2.40. The largest absolute Gasteiger partial charge is 0.465 e. The van der Waals surface area contributed by atoms with Gasteiger partial charge in [0.25, 0.3) is 0 Å². The molecule has 1 heterocycles. The van der Waals surface area contributed by atoms with Crippen molar-refractivity contribution in [1.82, 2.24) is 4.98 Å². The number of esters is 1. The molecular weight excluding hydrogens is 320 g/mol. The monoisotopic (exact) mass is 336 g/mol. The molecular formula is C19H16N2O4. The molecule has 1 aromatic heterocycles. The van der Waals surface area contributed by atoms with E-state index in [1.165, 1.54) is 13.3 Å². The van der Waals surface area contributed by atoms with E-state index in [0.717, 1.165) is 5.56 Å². The molecule has 3 aromatic rings. The van der Waals surface area contributed by atoms with Gasteiger partial charge in [-0.05, 0) is 11.6 Å². The molecule has 0 aliphatic rings. The number of aromatic nitrogens is 1. The average Bonchev–Trinajstić information content (AvgIpc) is 2.67. The molecule has 0 bridgehead atoms. The van der Waals surface area contributed by atoms with Gasteiger partial charge in [-0.3, -0.25) is 10.3 Å². The quantitative estimate of drug-likeness (QED) is 0.734. The Balaban J connectivity index is 1.86. The van der Waals surface area contributed by atoms with E-state index < -0.39 is 12.1 Å². The van der Waals surface area contributed by atoms with Crippen LogP contribution in [0.5, 0.6) is 0 Å². The zero-order chi connectivity index (χ0) is 17.6. The number of amides is 1. The highest BCUT2D eigenvalue weighted by molar-refractivity contribution is 6.08. The third kappa shape index (κ3) is 3.74. The van der Waals surface area contributed by atoms with Crippen molar-refractivity contribution in [2.45, 2.75) is 6.61 Å². The number of pyridine rings is 1. The summed E-state index contributed by atoms with van der Waals surface area (Å²) >= 11 is 0. The van der Waals surface area contributed by atoms with Crippen LogP contribution in [0.1, 0.15) is 15.9 Å². The summed E-state index contributed by atoms with van der Waals surface area (Å²) in [6, 6.07) is 16.5. The van der Waals surface area contributed by atoms with Crippen LogP contribution in [0.25, 0.3) is 10.9 Å². The predicted octanol–water partition coefficient (Wildman–Crippen LogP) is 3.77. The summed E-state index contributed by atoms with van der Waals surface area (Å²) in [6.45, 7) is 0.128. The zero-order valence-corrected chi connectivity index (χ0v) is 13.6. The SMILES string of the molecule is COC(=O)c1cnc2ccccc2c1NC(=O)OCc1ccccc1. The normalized spacial score (nSPS) is 10.3. The summed E-state index contributed by atoms with van der Waals surface area (Å²) in [5.74, 6) is -0.586. The maximum absolute atomic E-state index is 12.2. The molecule has 6 heteroatoms. The number of carbonyl (C=O) groups is 2. The molecule has 6 nitrogen and oxygen atoms in total. The van der Waals surface area contributed by atoms with Crippen molar-refractivity contribution < 1.29 is 19.1 Å². The van der Waals surface area contributed by atoms with Crippen molar-refractivity contribution in [3.63, 3.8) is 0 Å². The van der Waals surface area contributed by atoms with Crippen LogP contribution in [0.2, 0.25) is 0 Å². The van der Waals surface area contributed by atoms with Gasteiger partial charge in [0.1, 0.15) is 12.2 Å². The van der Waals surface area contributed by atoms with E-state index in [1.807, 2.05) is 36.4 Å². The minimum absolute atomic E-state index is 0.128. The van der Waals surface area contributed by atoms with Crippen LogP contribution in [-0.4, -0.2) is 24.2 Å². The number of methoxy groups -OCH3 is 1. The maximum atomic E-state index is 12.2. The molecule has 0 saturated carbocycles. The molecule has 0 unspecified atom stereocenters. The van der Waals surface area contributed by atoms with E-state index in [1.54, 1.807) is 18.2 Å². The summed E-state index contributed by atoms with van der Waals surface area (Å²) < 4.78 is 9.99. The molecule has 0 fully saturated rings. The zero-order valence-electron chi connectivity index (χ0n) is 13.6. The number of carbonyl (C=O) groups excluding carboxylic acids is 2. The van der Waals surface area contributed by atoms with Crippen LogP contribution in [0.15, 0.2) is 60.8 Å².